The second kappa shape index (κ2) is 1.02. The van der Waals surface area contributed by atoms with Crippen LogP contribution >= 0.6 is 7.75 Å². The Kier molecular flexibility index (Phi) is 0.721. The average molecular weight is 111 g/mol. The van der Waals surface area contributed by atoms with E-state index in [0.29, 0.717) is 0 Å². The first-order valence-electron chi connectivity index (χ1n) is 1.14. The number of rotatable bonds is 0. The van der Waals surface area contributed by atoms with Crippen LogP contribution in [0.5, 0.6) is 0 Å². The average Bonchev–Trinajstić information content (AvgIpc) is 1.32. The molecule has 1 aliphatic rings. The van der Waals surface area contributed by atoms with Crippen LogP contribution in [0.4, 0.5) is 0 Å². The molecule has 2 N–H and O–H groups in total. The zero-order chi connectivity index (χ0) is 4.62. The summed E-state index contributed by atoms with van der Waals surface area (Å²) in [6.07, 6.45) is 0. The molecule has 0 atom stereocenters. The van der Waals surface area contributed by atoms with E-state index in [4.69, 9.17) is 0 Å². The molecule has 0 spiro atoms. The summed E-state index contributed by atoms with van der Waals surface area (Å²) in [7, 11) is -3.19. The molecule has 1 saturated heterocycles. The molecular formula is H2NO4P. The van der Waals surface area contributed by atoms with Crippen LogP contribution in [0.3, 0.4) is 0 Å². The fraction of sp³-hybridized carbons (Fsp3) is 0. The molecule has 0 amide bonds. The fourth-order valence-corrected chi connectivity index (χ4v) is 0.271. The molecule has 0 bridgehead atoms. The molecule has 6 heavy (non-hydrogen) atoms. The molecule has 0 saturated carbocycles. The van der Waals surface area contributed by atoms with E-state index in [0.717, 1.165) is 0 Å². The van der Waals surface area contributed by atoms with Crippen molar-refractivity contribution in [2.75, 3.05) is 0 Å². The summed E-state index contributed by atoms with van der Waals surface area (Å²) in [5.74, 6) is 0. The van der Waals surface area contributed by atoms with Crippen molar-refractivity contribution in [3.63, 3.8) is 0 Å². The Morgan fingerprint density at radius 2 is 1.83 bits per heavy atom. The lowest BCUT2D eigenvalue weighted by Crippen LogP contribution is -2.13. The van der Waals surface area contributed by atoms with Crippen molar-refractivity contribution in [1.29, 1.82) is 0 Å². The SMILES string of the molecule is NP1(=O)OOO1. The largest absolute Gasteiger partial charge is 0.461 e. The second-order valence-corrected chi connectivity index (χ2v) is 2.13. The summed E-state index contributed by atoms with van der Waals surface area (Å²) in [5.41, 5.74) is 4.61. The molecule has 0 aromatic rings. The van der Waals surface area contributed by atoms with E-state index < -0.39 is 7.75 Å². The van der Waals surface area contributed by atoms with Crippen molar-refractivity contribution in [3.8, 4) is 0 Å². The van der Waals surface area contributed by atoms with Gasteiger partial charge in [0.05, 0.1) is 0 Å². The second-order valence-electron chi connectivity index (χ2n) is 0.757. The summed E-state index contributed by atoms with van der Waals surface area (Å²) in [5, 5.41) is 3.55. The molecule has 0 unspecified atom stereocenters. The molecule has 0 aromatic heterocycles. The third-order valence-electron chi connectivity index (χ3n) is 0.269. The maximum Gasteiger partial charge on any atom is 0.461 e. The van der Waals surface area contributed by atoms with Crippen LogP contribution < -0.4 is 5.50 Å². The highest BCUT2D eigenvalue weighted by atomic mass is 31.2. The molecule has 36 valence electrons. The minimum absolute atomic E-state index is 3.19. The van der Waals surface area contributed by atoms with Gasteiger partial charge in [-0.25, -0.2) is 10.1 Å². The molecule has 0 radical (unpaired) electrons. The van der Waals surface area contributed by atoms with Gasteiger partial charge in [-0.15, -0.1) is 9.35 Å². The number of hydrogen-bond donors (Lipinski definition) is 1. The lowest BCUT2D eigenvalue weighted by Gasteiger charge is -2.15. The van der Waals surface area contributed by atoms with E-state index in [1.54, 1.807) is 0 Å². The number of hydrogen-bond acceptors (Lipinski definition) is 4. The molecule has 5 nitrogen and oxygen atoms in total. The van der Waals surface area contributed by atoms with Crippen molar-refractivity contribution in [1.82, 2.24) is 0 Å². The van der Waals surface area contributed by atoms with Crippen LogP contribution in [0, 0.1) is 0 Å². The third-order valence-corrected chi connectivity index (χ3v) is 0.806. The van der Waals surface area contributed by atoms with Crippen LogP contribution in [0.15, 0.2) is 0 Å². The first kappa shape index (κ1) is 4.23. The summed E-state index contributed by atoms with van der Waals surface area (Å²) in [6, 6.07) is 0. The Morgan fingerprint density at radius 3 is 1.83 bits per heavy atom. The zero-order valence-electron chi connectivity index (χ0n) is 2.66. The van der Waals surface area contributed by atoms with Gasteiger partial charge in [0.15, 0.2) is 0 Å². The van der Waals surface area contributed by atoms with E-state index in [9.17, 15) is 4.57 Å². The predicted molar refractivity (Wildman–Crippen MR) is 15.0 cm³/mol. The van der Waals surface area contributed by atoms with Crippen LogP contribution in [0.1, 0.15) is 0 Å². The highest BCUT2D eigenvalue weighted by Gasteiger charge is 2.32. The Morgan fingerprint density at radius 1 is 1.50 bits per heavy atom. The van der Waals surface area contributed by atoms with Crippen molar-refractivity contribution in [2.45, 2.75) is 0 Å². The molecule has 1 fully saturated rings. The van der Waals surface area contributed by atoms with Crippen molar-refractivity contribution >= 4 is 7.75 Å². The highest BCUT2D eigenvalue weighted by Crippen LogP contribution is 2.48. The van der Waals surface area contributed by atoms with E-state index >= 15 is 0 Å². The quantitative estimate of drug-likeness (QED) is 0.350. The molecule has 1 rings (SSSR count). The minimum Gasteiger partial charge on any atom is -0.236 e. The normalized spacial score (nSPS) is 28.8. The van der Waals surface area contributed by atoms with Gasteiger partial charge in [-0.05, 0) is 5.04 Å². The van der Waals surface area contributed by atoms with Crippen molar-refractivity contribution in [3.05, 3.63) is 0 Å². The van der Waals surface area contributed by atoms with Gasteiger partial charge in [-0.1, -0.05) is 0 Å². The van der Waals surface area contributed by atoms with Crippen LogP contribution in [-0.2, 0) is 19.0 Å². The van der Waals surface area contributed by atoms with Gasteiger partial charge in [-0.2, -0.15) is 0 Å². The zero-order valence-corrected chi connectivity index (χ0v) is 3.55. The van der Waals surface area contributed by atoms with Crippen molar-refractivity contribution in [2.24, 2.45) is 5.50 Å². The van der Waals surface area contributed by atoms with Gasteiger partial charge in [0, 0.05) is 0 Å². The maximum absolute atomic E-state index is 9.88. The van der Waals surface area contributed by atoms with Gasteiger partial charge in [0.1, 0.15) is 0 Å². The highest BCUT2D eigenvalue weighted by molar-refractivity contribution is 7.51. The summed E-state index contributed by atoms with van der Waals surface area (Å²) >= 11 is 0. The standard InChI is InChI=1S/H2NO4P/c1-6(2)4-3-5-6/h(H2,1,2). The fourth-order valence-electron chi connectivity index (χ4n) is 0.0904. The van der Waals surface area contributed by atoms with Crippen molar-refractivity contribution < 1.29 is 19.0 Å². The Balaban J connectivity index is 2.53. The van der Waals surface area contributed by atoms with Crippen LogP contribution in [0.2, 0.25) is 0 Å². The topological polar surface area (TPSA) is 70.8 Å². The van der Waals surface area contributed by atoms with E-state index in [-0.39, 0.29) is 0 Å². The van der Waals surface area contributed by atoms with Gasteiger partial charge >= 0.3 is 7.75 Å². The molecular weight excluding hydrogens is 109 g/mol. The molecule has 0 aliphatic carbocycles. The van der Waals surface area contributed by atoms with E-state index in [2.05, 4.69) is 19.9 Å². The van der Waals surface area contributed by atoms with Gasteiger partial charge in [0.2, 0.25) is 0 Å². The van der Waals surface area contributed by atoms with Crippen LogP contribution in [-0.4, -0.2) is 0 Å². The lowest BCUT2D eigenvalue weighted by atomic mass is 13.9. The smallest absolute Gasteiger partial charge is 0.236 e. The molecule has 0 aromatic carbocycles. The first-order chi connectivity index (χ1) is 2.71. The minimum atomic E-state index is -3.19. The monoisotopic (exact) mass is 111 g/mol. The molecule has 1 heterocycles. The van der Waals surface area contributed by atoms with E-state index in [1.807, 2.05) is 0 Å². The Bertz CT molecular complexity index is 89.7. The Labute approximate surface area is 33.4 Å². The molecule has 1 aliphatic heterocycles. The number of nitrogens with two attached hydrogens (primary N) is 1. The van der Waals surface area contributed by atoms with E-state index in [1.165, 1.54) is 0 Å². The Hall–Kier alpha value is 0.0700. The van der Waals surface area contributed by atoms with Gasteiger partial charge < -0.3 is 0 Å². The lowest BCUT2D eigenvalue weighted by molar-refractivity contribution is -0.487. The first-order valence-corrected chi connectivity index (χ1v) is 2.75. The summed E-state index contributed by atoms with van der Waals surface area (Å²) in [4.78, 5) is 0. The molecule has 6 heteroatoms. The summed E-state index contributed by atoms with van der Waals surface area (Å²) < 4.78 is 17.3. The van der Waals surface area contributed by atoms with Gasteiger partial charge in [-0.3, -0.25) is 0 Å². The van der Waals surface area contributed by atoms with Crippen LogP contribution in [0.25, 0.3) is 0 Å². The predicted octanol–water partition coefficient (Wildman–Crippen LogP) is -0.0534. The maximum atomic E-state index is 9.88. The van der Waals surface area contributed by atoms with Gasteiger partial charge in [0.25, 0.3) is 0 Å². The summed E-state index contributed by atoms with van der Waals surface area (Å²) in [6.45, 7) is 0. The third kappa shape index (κ3) is 0.589.